The summed E-state index contributed by atoms with van der Waals surface area (Å²) in [5.41, 5.74) is 0.518. The number of hydrogen-bond donors (Lipinski definition) is 1. The maximum Gasteiger partial charge on any atom is 0.227 e. The van der Waals surface area contributed by atoms with Crippen LogP contribution in [0.15, 0.2) is 64.0 Å². The summed E-state index contributed by atoms with van der Waals surface area (Å²) >= 11 is 0. The number of aromatic hydroxyl groups is 1. The lowest BCUT2D eigenvalue weighted by molar-refractivity contribution is 0.424. The van der Waals surface area contributed by atoms with Gasteiger partial charge in [-0.05, 0) is 28.5 Å². The monoisotopic (exact) mass is 264 g/mol. The highest BCUT2D eigenvalue weighted by Gasteiger charge is 2.03. The van der Waals surface area contributed by atoms with Gasteiger partial charge in [0.1, 0.15) is 0 Å². The van der Waals surface area contributed by atoms with Crippen LogP contribution in [0, 0.1) is 0 Å². The molecule has 0 radical (unpaired) electrons. The molecule has 0 fully saturated rings. The van der Waals surface area contributed by atoms with Crippen LogP contribution < -0.4 is 5.43 Å². The number of rotatable bonds is 2. The molecule has 0 aliphatic rings. The van der Waals surface area contributed by atoms with E-state index in [9.17, 15) is 9.90 Å². The number of benzene rings is 2. The third-order valence-electron chi connectivity index (χ3n) is 3.08. The molecule has 0 atom stereocenters. The van der Waals surface area contributed by atoms with E-state index in [1.165, 1.54) is 17.7 Å². The standard InChI is InChI=1S/C17H12O3/c18-15-9-10-20-16(17(15)19)8-6-12-5-7-13-3-1-2-4-14(13)11-12/h1-11,19H/b8-6+. The number of fused-ring (bicyclic) bond motifs is 1. The maximum absolute atomic E-state index is 11.3. The molecule has 1 N–H and O–H groups in total. The zero-order chi connectivity index (χ0) is 13.9. The predicted molar refractivity (Wildman–Crippen MR) is 79.5 cm³/mol. The molecule has 0 aliphatic carbocycles. The van der Waals surface area contributed by atoms with Crippen LogP contribution in [0.3, 0.4) is 0 Å². The van der Waals surface area contributed by atoms with E-state index in [0.29, 0.717) is 0 Å². The second-order valence-electron chi connectivity index (χ2n) is 4.44. The summed E-state index contributed by atoms with van der Waals surface area (Å²) in [6.07, 6.45) is 4.65. The molecule has 2 aromatic carbocycles. The molecule has 1 heterocycles. The Morgan fingerprint density at radius 2 is 1.75 bits per heavy atom. The molecule has 0 aliphatic heterocycles. The summed E-state index contributed by atoms with van der Waals surface area (Å²) in [5.74, 6) is -0.213. The Kier molecular flexibility index (Phi) is 3.09. The van der Waals surface area contributed by atoms with Crippen LogP contribution in [0.25, 0.3) is 22.9 Å². The highest BCUT2D eigenvalue weighted by atomic mass is 16.4. The zero-order valence-corrected chi connectivity index (χ0v) is 10.6. The smallest absolute Gasteiger partial charge is 0.227 e. The molecule has 0 spiro atoms. The molecule has 0 unspecified atom stereocenters. The quantitative estimate of drug-likeness (QED) is 0.768. The molecule has 0 saturated heterocycles. The Bertz CT molecular complexity index is 844. The highest BCUT2D eigenvalue weighted by molar-refractivity contribution is 5.85. The molecule has 98 valence electrons. The van der Waals surface area contributed by atoms with Crippen molar-refractivity contribution in [2.45, 2.75) is 0 Å². The third-order valence-corrected chi connectivity index (χ3v) is 3.08. The maximum atomic E-state index is 11.3. The Labute approximate surface area is 115 Å². The van der Waals surface area contributed by atoms with Gasteiger partial charge >= 0.3 is 0 Å². The molecule has 3 heteroatoms. The van der Waals surface area contributed by atoms with E-state index in [2.05, 4.69) is 0 Å². The van der Waals surface area contributed by atoms with Crippen LogP contribution in [-0.4, -0.2) is 5.11 Å². The van der Waals surface area contributed by atoms with Gasteiger partial charge in [-0.1, -0.05) is 42.5 Å². The van der Waals surface area contributed by atoms with Crippen LogP contribution in [0.1, 0.15) is 11.3 Å². The molecular formula is C17H12O3. The van der Waals surface area contributed by atoms with Crippen molar-refractivity contribution in [3.8, 4) is 5.75 Å². The van der Waals surface area contributed by atoms with Gasteiger partial charge in [0.15, 0.2) is 5.76 Å². The van der Waals surface area contributed by atoms with E-state index in [-0.39, 0.29) is 11.5 Å². The van der Waals surface area contributed by atoms with Crippen LogP contribution in [0.2, 0.25) is 0 Å². The Morgan fingerprint density at radius 3 is 2.60 bits per heavy atom. The van der Waals surface area contributed by atoms with Crippen molar-refractivity contribution in [3.05, 3.63) is 76.3 Å². The second-order valence-corrected chi connectivity index (χ2v) is 4.44. The molecule has 0 bridgehead atoms. The fourth-order valence-electron chi connectivity index (χ4n) is 2.03. The summed E-state index contributed by atoms with van der Waals surface area (Å²) in [7, 11) is 0. The van der Waals surface area contributed by atoms with E-state index in [0.717, 1.165) is 10.9 Å². The van der Waals surface area contributed by atoms with Crippen molar-refractivity contribution in [2.24, 2.45) is 0 Å². The van der Waals surface area contributed by atoms with Crippen molar-refractivity contribution in [2.75, 3.05) is 0 Å². The van der Waals surface area contributed by atoms with Crippen molar-refractivity contribution < 1.29 is 9.52 Å². The summed E-state index contributed by atoms with van der Waals surface area (Å²) in [5, 5.41) is 11.9. The lowest BCUT2D eigenvalue weighted by Gasteiger charge is -1.99. The lowest BCUT2D eigenvalue weighted by atomic mass is 10.1. The van der Waals surface area contributed by atoms with Crippen molar-refractivity contribution >= 4 is 22.9 Å². The SMILES string of the molecule is O=c1ccoc(/C=C/c2ccc3ccccc3c2)c1O. The van der Waals surface area contributed by atoms with Gasteiger partial charge in [-0.15, -0.1) is 0 Å². The largest absolute Gasteiger partial charge is 0.502 e. The van der Waals surface area contributed by atoms with E-state index in [1.54, 1.807) is 12.2 Å². The summed E-state index contributed by atoms with van der Waals surface area (Å²) in [6, 6.07) is 15.3. The second kappa shape index (κ2) is 5.05. The Hall–Kier alpha value is -2.81. The minimum atomic E-state index is -0.450. The normalized spacial score (nSPS) is 11.2. The fourth-order valence-corrected chi connectivity index (χ4v) is 2.03. The molecule has 20 heavy (non-hydrogen) atoms. The van der Waals surface area contributed by atoms with Gasteiger partial charge in [0.2, 0.25) is 11.2 Å². The van der Waals surface area contributed by atoms with Gasteiger partial charge in [0.25, 0.3) is 0 Å². The minimum Gasteiger partial charge on any atom is -0.502 e. The fraction of sp³-hybridized carbons (Fsp3) is 0. The number of hydrogen-bond acceptors (Lipinski definition) is 3. The van der Waals surface area contributed by atoms with Gasteiger partial charge in [-0.25, -0.2) is 0 Å². The first-order valence-electron chi connectivity index (χ1n) is 6.22. The van der Waals surface area contributed by atoms with Gasteiger partial charge < -0.3 is 9.52 Å². The first-order chi connectivity index (χ1) is 9.74. The van der Waals surface area contributed by atoms with Crippen molar-refractivity contribution in [1.29, 1.82) is 0 Å². The van der Waals surface area contributed by atoms with Crippen LogP contribution in [0.5, 0.6) is 5.75 Å². The highest BCUT2D eigenvalue weighted by Crippen LogP contribution is 2.19. The van der Waals surface area contributed by atoms with Gasteiger partial charge in [0.05, 0.1) is 6.26 Å². The van der Waals surface area contributed by atoms with Crippen LogP contribution in [0.4, 0.5) is 0 Å². The first-order valence-corrected chi connectivity index (χ1v) is 6.22. The predicted octanol–water partition coefficient (Wildman–Crippen LogP) is 3.67. The van der Waals surface area contributed by atoms with Crippen LogP contribution in [-0.2, 0) is 0 Å². The molecule has 0 amide bonds. The Morgan fingerprint density at radius 1 is 0.950 bits per heavy atom. The molecule has 1 aromatic heterocycles. The van der Waals surface area contributed by atoms with E-state index in [4.69, 9.17) is 4.42 Å². The van der Waals surface area contributed by atoms with Crippen LogP contribution >= 0.6 is 0 Å². The minimum absolute atomic E-state index is 0.158. The van der Waals surface area contributed by atoms with E-state index in [1.807, 2.05) is 42.5 Å². The summed E-state index contributed by atoms with van der Waals surface area (Å²) in [6.45, 7) is 0. The topological polar surface area (TPSA) is 50.4 Å². The average Bonchev–Trinajstić information content (AvgIpc) is 2.48. The van der Waals surface area contributed by atoms with Gasteiger partial charge in [0, 0.05) is 6.07 Å². The van der Waals surface area contributed by atoms with E-state index < -0.39 is 5.43 Å². The van der Waals surface area contributed by atoms with Crippen molar-refractivity contribution in [1.82, 2.24) is 0 Å². The molecule has 3 aromatic rings. The van der Waals surface area contributed by atoms with Crippen molar-refractivity contribution in [3.63, 3.8) is 0 Å². The van der Waals surface area contributed by atoms with Gasteiger partial charge in [-0.3, -0.25) is 4.79 Å². The third kappa shape index (κ3) is 2.34. The first kappa shape index (κ1) is 12.2. The lowest BCUT2D eigenvalue weighted by Crippen LogP contribution is -1.97. The molecule has 3 nitrogen and oxygen atoms in total. The van der Waals surface area contributed by atoms with Gasteiger partial charge in [-0.2, -0.15) is 0 Å². The molecular weight excluding hydrogens is 252 g/mol. The molecule has 3 rings (SSSR count). The Balaban J connectivity index is 1.98. The summed E-state index contributed by atoms with van der Waals surface area (Å²) < 4.78 is 5.11. The van der Waals surface area contributed by atoms with E-state index >= 15 is 0 Å². The average molecular weight is 264 g/mol. The molecule has 0 saturated carbocycles. The summed E-state index contributed by atoms with van der Waals surface area (Å²) in [4.78, 5) is 11.3. The zero-order valence-electron chi connectivity index (χ0n) is 10.6.